The van der Waals surface area contributed by atoms with Crippen LogP contribution in [0.25, 0.3) is 10.1 Å². The van der Waals surface area contributed by atoms with Crippen LogP contribution in [-0.4, -0.2) is 13.7 Å². The van der Waals surface area contributed by atoms with Crippen LogP contribution in [0.3, 0.4) is 0 Å². The predicted molar refractivity (Wildman–Crippen MR) is 69.5 cm³/mol. The van der Waals surface area contributed by atoms with Crippen LogP contribution in [0.1, 0.15) is 18.7 Å². The number of hydrogen-bond donors (Lipinski definition) is 0. The zero-order chi connectivity index (χ0) is 12.6. The van der Waals surface area contributed by atoms with Gasteiger partial charge in [0, 0.05) is 9.58 Å². The minimum absolute atomic E-state index is 0.0334. The van der Waals surface area contributed by atoms with Gasteiger partial charge in [-0.25, -0.2) is 12.8 Å². The van der Waals surface area contributed by atoms with Gasteiger partial charge in [0.25, 0.3) is 0 Å². The summed E-state index contributed by atoms with van der Waals surface area (Å²) in [5.41, 5.74) is 0. The van der Waals surface area contributed by atoms with Gasteiger partial charge in [-0.2, -0.15) is 0 Å². The van der Waals surface area contributed by atoms with E-state index in [1.54, 1.807) is 19.9 Å². The summed E-state index contributed by atoms with van der Waals surface area (Å²) in [6.45, 7) is 3.34. The SMILES string of the molecule is CC(C)S(=O)(=O)Cc1cc2ccc(F)cc2s1. The van der Waals surface area contributed by atoms with Crippen LogP contribution >= 0.6 is 11.3 Å². The number of benzene rings is 1. The number of halogens is 1. The molecule has 1 aromatic heterocycles. The Morgan fingerprint density at radius 1 is 1.29 bits per heavy atom. The van der Waals surface area contributed by atoms with Gasteiger partial charge in [-0.3, -0.25) is 0 Å². The van der Waals surface area contributed by atoms with Crippen LogP contribution in [0.15, 0.2) is 24.3 Å². The van der Waals surface area contributed by atoms with Crippen molar-refractivity contribution in [2.75, 3.05) is 0 Å². The topological polar surface area (TPSA) is 34.1 Å². The molecule has 0 saturated carbocycles. The van der Waals surface area contributed by atoms with E-state index in [-0.39, 0.29) is 16.8 Å². The summed E-state index contributed by atoms with van der Waals surface area (Å²) in [6.07, 6.45) is 0. The Hall–Kier alpha value is -0.940. The Balaban J connectivity index is 2.38. The molecule has 0 bridgehead atoms. The fraction of sp³-hybridized carbons (Fsp3) is 0.333. The van der Waals surface area contributed by atoms with Crippen molar-refractivity contribution in [1.29, 1.82) is 0 Å². The minimum atomic E-state index is -3.09. The fourth-order valence-corrected chi connectivity index (χ4v) is 3.92. The van der Waals surface area contributed by atoms with Crippen LogP contribution in [0.5, 0.6) is 0 Å². The normalized spacial score (nSPS) is 12.5. The van der Waals surface area contributed by atoms with Crippen LogP contribution in [0.4, 0.5) is 4.39 Å². The maximum atomic E-state index is 13.0. The highest BCUT2D eigenvalue weighted by atomic mass is 32.2. The number of rotatable bonds is 3. The van der Waals surface area contributed by atoms with E-state index in [2.05, 4.69) is 0 Å². The molecule has 0 atom stereocenters. The number of sulfone groups is 1. The van der Waals surface area contributed by atoms with Crippen molar-refractivity contribution >= 4 is 31.3 Å². The Kier molecular flexibility index (Phi) is 3.23. The average Bonchev–Trinajstić information content (AvgIpc) is 2.57. The van der Waals surface area contributed by atoms with Gasteiger partial charge in [-0.1, -0.05) is 6.07 Å². The van der Waals surface area contributed by atoms with Gasteiger partial charge in [0.1, 0.15) is 5.82 Å². The molecule has 0 radical (unpaired) electrons. The van der Waals surface area contributed by atoms with Crippen LogP contribution < -0.4 is 0 Å². The van der Waals surface area contributed by atoms with Crippen LogP contribution in [0, 0.1) is 5.82 Å². The smallest absolute Gasteiger partial charge is 0.157 e. The predicted octanol–water partition coefficient (Wildman–Crippen LogP) is 3.36. The highest BCUT2D eigenvalue weighted by Gasteiger charge is 2.18. The van der Waals surface area contributed by atoms with Gasteiger partial charge in [-0.05, 0) is 37.4 Å². The van der Waals surface area contributed by atoms with Crippen molar-refractivity contribution < 1.29 is 12.8 Å². The minimum Gasteiger partial charge on any atom is -0.228 e. The first-order valence-corrected chi connectivity index (χ1v) is 7.81. The Morgan fingerprint density at radius 3 is 2.65 bits per heavy atom. The molecule has 92 valence electrons. The summed E-state index contributed by atoms with van der Waals surface area (Å²) < 4.78 is 37.3. The molecule has 1 heterocycles. The summed E-state index contributed by atoms with van der Waals surface area (Å²) >= 11 is 1.34. The van der Waals surface area contributed by atoms with Crippen molar-refractivity contribution in [1.82, 2.24) is 0 Å². The summed E-state index contributed by atoms with van der Waals surface area (Å²) in [4.78, 5) is 0.763. The molecule has 0 fully saturated rings. The largest absolute Gasteiger partial charge is 0.228 e. The highest BCUT2D eigenvalue weighted by molar-refractivity contribution is 7.91. The van der Waals surface area contributed by atoms with E-state index in [9.17, 15) is 12.8 Å². The summed E-state index contributed by atoms with van der Waals surface area (Å²) in [5.74, 6) is -0.261. The van der Waals surface area contributed by atoms with Crippen molar-refractivity contribution in [2.24, 2.45) is 0 Å². The molecular weight excluding hydrogens is 259 g/mol. The molecule has 0 aliphatic rings. The molecule has 0 spiro atoms. The second-order valence-electron chi connectivity index (χ2n) is 4.25. The second-order valence-corrected chi connectivity index (χ2v) is 7.98. The molecule has 0 unspecified atom stereocenters. The van der Waals surface area contributed by atoms with Crippen LogP contribution in [-0.2, 0) is 15.6 Å². The Bertz CT molecular complexity index is 642. The third kappa shape index (κ3) is 2.66. The van der Waals surface area contributed by atoms with Crippen molar-refractivity contribution in [3.63, 3.8) is 0 Å². The van der Waals surface area contributed by atoms with Gasteiger partial charge in [-0.15, -0.1) is 11.3 Å². The van der Waals surface area contributed by atoms with E-state index in [1.807, 2.05) is 6.07 Å². The summed E-state index contributed by atoms with van der Waals surface area (Å²) in [7, 11) is -3.09. The standard InChI is InChI=1S/C12H13FO2S2/c1-8(2)17(14,15)7-11-5-9-3-4-10(13)6-12(9)16-11/h3-6,8H,7H2,1-2H3. The van der Waals surface area contributed by atoms with E-state index < -0.39 is 9.84 Å². The molecule has 0 aliphatic carbocycles. The molecule has 2 nitrogen and oxygen atoms in total. The monoisotopic (exact) mass is 272 g/mol. The molecule has 5 heteroatoms. The second kappa shape index (κ2) is 4.38. The number of fused-ring (bicyclic) bond motifs is 1. The molecule has 0 saturated heterocycles. The molecule has 2 aromatic rings. The number of thiophene rings is 1. The average molecular weight is 272 g/mol. The Morgan fingerprint density at radius 2 is 2.00 bits per heavy atom. The maximum absolute atomic E-state index is 13.0. The van der Waals surface area contributed by atoms with Gasteiger partial charge in [0.2, 0.25) is 0 Å². The fourth-order valence-electron chi connectivity index (χ4n) is 1.50. The molecule has 0 amide bonds. The molecule has 17 heavy (non-hydrogen) atoms. The van der Waals surface area contributed by atoms with Crippen LogP contribution in [0.2, 0.25) is 0 Å². The Labute approximate surface area is 104 Å². The first-order chi connectivity index (χ1) is 7.88. The lowest BCUT2D eigenvalue weighted by Gasteiger charge is -2.04. The van der Waals surface area contributed by atoms with Crippen molar-refractivity contribution in [3.05, 3.63) is 35.0 Å². The third-order valence-electron chi connectivity index (χ3n) is 2.59. The molecule has 2 rings (SSSR count). The lowest BCUT2D eigenvalue weighted by Crippen LogP contribution is -2.15. The van der Waals surface area contributed by atoms with E-state index in [4.69, 9.17) is 0 Å². The first-order valence-electron chi connectivity index (χ1n) is 5.28. The van der Waals surface area contributed by atoms with E-state index in [1.165, 1.54) is 23.5 Å². The van der Waals surface area contributed by atoms with Crippen molar-refractivity contribution in [3.8, 4) is 0 Å². The van der Waals surface area contributed by atoms with E-state index in [0.717, 1.165) is 15.0 Å². The molecular formula is C12H13FO2S2. The zero-order valence-electron chi connectivity index (χ0n) is 9.60. The first kappa shape index (κ1) is 12.5. The molecule has 0 N–H and O–H groups in total. The summed E-state index contributed by atoms with van der Waals surface area (Å²) in [6, 6.07) is 6.31. The van der Waals surface area contributed by atoms with Crippen molar-refractivity contribution in [2.45, 2.75) is 24.9 Å². The zero-order valence-corrected chi connectivity index (χ0v) is 11.2. The van der Waals surface area contributed by atoms with Gasteiger partial charge in [0.05, 0.1) is 11.0 Å². The summed E-state index contributed by atoms with van der Waals surface area (Å²) in [5, 5.41) is 0.509. The van der Waals surface area contributed by atoms with E-state index >= 15 is 0 Å². The van der Waals surface area contributed by atoms with E-state index in [0.29, 0.717) is 0 Å². The van der Waals surface area contributed by atoms with Gasteiger partial charge < -0.3 is 0 Å². The quantitative estimate of drug-likeness (QED) is 0.858. The third-order valence-corrected chi connectivity index (χ3v) is 6.03. The lowest BCUT2D eigenvalue weighted by molar-refractivity contribution is 0.587. The maximum Gasteiger partial charge on any atom is 0.157 e. The van der Waals surface area contributed by atoms with Gasteiger partial charge >= 0.3 is 0 Å². The highest BCUT2D eigenvalue weighted by Crippen LogP contribution is 2.28. The molecule has 0 aliphatic heterocycles. The molecule has 1 aromatic carbocycles. The lowest BCUT2D eigenvalue weighted by atomic mass is 10.2. The number of hydrogen-bond acceptors (Lipinski definition) is 3. The van der Waals surface area contributed by atoms with Gasteiger partial charge in [0.15, 0.2) is 9.84 Å².